The molecule has 0 saturated heterocycles. The highest BCUT2D eigenvalue weighted by Gasteiger charge is 2.36. The van der Waals surface area contributed by atoms with Crippen LogP contribution in [0.1, 0.15) is 27.7 Å². The van der Waals surface area contributed by atoms with Crippen molar-refractivity contribution in [1.82, 2.24) is 0 Å². The molecule has 6 aromatic rings. The number of nitrogens with one attached hydrogen (secondary N) is 1. The molecule has 179 valence electrons. The second-order valence-corrected chi connectivity index (χ2v) is 12.3. The summed E-state index contributed by atoms with van der Waals surface area (Å²) in [6, 6.07) is 27.8. The van der Waals surface area contributed by atoms with Crippen molar-refractivity contribution in [1.29, 1.82) is 0 Å². The molecule has 0 aliphatic heterocycles. The summed E-state index contributed by atoms with van der Waals surface area (Å²) in [6.07, 6.45) is 0. The highest BCUT2D eigenvalue weighted by atomic mass is 32.1. The van der Waals surface area contributed by atoms with Gasteiger partial charge in [-0.15, -0.1) is 22.7 Å². The van der Waals surface area contributed by atoms with E-state index in [1.165, 1.54) is 35.6 Å². The molecule has 0 spiro atoms. The van der Waals surface area contributed by atoms with E-state index in [1.54, 1.807) is 25.2 Å². The average molecular weight is 508 g/mol. The summed E-state index contributed by atoms with van der Waals surface area (Å²) in [5.74, 6) is 0. The Hall–Kier alpha value is -2.90. The molecule has 0 aliphatic rings. The van der Waals surface area contributed by atoms with Gasteiger partial charge in [0.05, 0.1) is 21.6 Å². The zero-order valence-electron chi connectivity index (χ0n) is 20.8. The van der Waals surface area contributed by atoms with Crippen molar-refractivity contribution in [3.8, 4) is 0 Å². The number of anilines is 2. The Labute approximate surface area is 219 Å². The largest absolute Gasteiger partial charge is 0.426 e. The average Bonchev–Trinajstić information content (AvgIpc) is 3.42. The Bertz CT molecular complexity index is 1740. The maximum absolute atomic E-state index is 10.7. The molecule has 6 rings (SSSR count). The highest BCUT2D eigenvalue weighted by molar-refractivity contribution is 7.27. The van der Waals surface area contributed by atoms with E-state index in [-0.39, 0.29) is 0 Å². The maximum Gasteiger partial charge on any atom is 0.334 e. The van der Waals surface area contributed by atoms with E-state index in [4.69, 9.17) is 4.65 Å². The molecule has 2 N–H and O–H groups in total. The zero-order chi connectivity index (χ0) is 25.1. The van der Waals surface area contributed by atoms with Crippen molar-refractivity contribution in [3.63, 3.8) is 0 Å². The number of benzene rings is 4. The lowest BCUT2D eigenvalue weighted by molar-refractivity contribution is -0.0892. The predicted molar refractivity (Wildman–Crippen MR) is 159 cm³/mol. The fourth-order valence-corrected chi connectivity index (χ4v) is 6.76. The van der Waals surface area contributed by atoms with Crippen LogP contribution in [0, 0.1) is 0 Å². The molecule has 0 amide bonds. The molecule has 3 nitrogen and oxygen atoms in total. The topological polar surface area (TPSA) is 41.5 Å². The SMILES string of the molecule is CC(C)(O)C(C)(C)O[B]c1c(Nc2cccc3c2sc2ccccc23)ccc2c1sc1ccccc12. The Balaban J connectivity index is 1.50. The summed E-state index contributed by atoms with van der Waals surface area (Å²) in [4.78, 5) is 0. The van der Waals surface area contributed by atoms with E-state index in [1.807, 2.05) is 32.7 Å². The predicted octanol–water partition coefficient (Wildman–Crippen LogP) is 7.98. The first-order chi connectivity index (χ1) is 17.2. The third-order valence-electron chi connectivity index (χ3n) is 7.20. The molecule has 0 unspecified atom stereocenters. The van der Waals surface area contributed by atoms with Gasteiger partial charge >= 0.3 is 7.48 Å². The van der Waals surface area contributed by atoms with Gasteiger partial charge in [0.1, 0.15) is 0 Å². The van der Waals surface area contributed by atoms with Crippen LogP contribution in [0.5, 0.6) is 0 Å². The smallest absolute Gasteiger partial charge is 0.334 e. The third kappa shape index (κ3) is 3.89. The van der Waals surface area contributed by atoms with Crippen LogP contribution in [0.15, 0.2) is 78.9 Å². The van der Waals surface area contributed by atoms with E-state index >= 15 is 0 Å². The van der Waals surface area contributed by atoms with Crippen molar-refractivity contribution in [3.05, 3.63) is 78.9 Å². The van der Waals surface area contributed by atoms with Gasteiger partial charge in [0.15, 0.2) is 0 Å². The molecule has 0 fully saturated rings. The highest BCUT2D eigenvalue weighted by Crippen LogP contribution is 2.40. The lowest BCUT2D eigenvalue weighted by atomic mass is 9.81. The third-order valence-corrected chi connectivity index (χ3v) is 9.64. The molecule has 0 saturated carbocycles. The van der Waals surface area contributed by atoms with Gasteiger partial charge < -0.3 is 15.1 Å². The second-order valence-electron chi connectivity index (χ2n) is 10.2. The Morgan fingerprint density at radius 3 is 1.92 bits per heavy atom. The van der Waals surface area contributed by atoms with Crippen molar-refractivity contribution < 1.29 is 9.76 Å². The van der Waals surface area contributed by atoms with Crippen molar-refractivity contribution in [2.45, 2.75) is 38.9 Å². The summed E-state index contributed by atoms with van der Waals surface area (Å²) in [7, 11) is 1.82. The van der Waals surface area contributed by atoms with Crippen LogP contribution in [0.3, 0.4) is 0 Å². The summed E-state index contributed by atoms with van der Waals surface area (Å²) in [5, 5.41) is 19.4. The summed E-state index contributed by atoms with van der Waals surface area (Å²) in [6.45, 7) is 7.39. The van der Waals surface area contributed by atoms with Gasteiger partial charge in [0, 0.05) is 35.9 Å². The maximum atomic E-state index is 10.7. The van der Waals surface area contributed by atoms with Crippen LogP contribution in [0.4, 0.5) is 11.4 Å². The summed E-state index contributed by atoms with van der Waals surface area (Å²) < 4.78 is 11.2. The first-order valence-electron chi connectivity index (χ1n) is 12.1. The van der Waals surface area contributed by atoms with Crippen molar-refractivity contribution in [2.24, 2.45) is 0 Å². The summed E-state index contributed by atoms with van der Waals surface area (Å²) >= 11 is 3.57. The van der Waals surface area contributed by atoms with E-state index in [0.29, 0.717) is 0 Å². The number of fused-ring (bicyclic) bond motifs is 6. The molecule has 1 radical (unpaired) electrons. The molecule has 4 aromatic carbocycles. The molecule has 36 heavy (non-hydrogen) atoms. The van der Waals surface area contributed by atoms with Crippen molar-refractivity contribution in [2.75, 3.05) is 5.32 Å². The van der Waals surface area contributed by atoms with Crippen molar-refractivity contribution >= 4 is 87.3 Å². The van der Waals surface area contributed by atoms with Gasteiger partial charge in [-0.3, -0.25) is 0 Å². The van der Waals surface area contributed by atoms with Crippen LogP contribution >= 0.6 is 22.7 Å². The minimum atomic E-state index is -1.01. The Kier molecular flexibility index (Phi) is 5.61. The quantitative estimate of drug-likeness (QED) is 0.224. The van der Waals surface area contributed by atoms with Crippen LogP contribution in [-0.2, 0) is 4.65 Å². The zero-order valence-corrected chi connectivity index (χ0v) is 22.4. The number of aliphatic hydroxyl groups is 1. The van der Waals surface area contributed by atoms with E-state index in [0.717, 1.165) is 21.5 Å². The first kappa shape index (κ1) is 23.5. The fraction of sp³-hybridized carbons (Fsp3) is 0.200. The molecule has 0 atom stereocenters. The number of hydrogen-bond donors (Lipinski definition) is 2. The van der Waals surface area contributed by atoms with Crippen LogP contribution in [-0.4, -0.2) is 23.8 Å². The standard InChI is InChI=1S/C30H27BNO2S2/c1-29(2,33)30(3,4)34-31-26-22(17-16-21-19-11-6-8-15-25(19)36-28(21)26)32-23-13-9-12-20-18-10-5-7-14-24(18)35-27(20)23/h5-17,32-33H,1-4H3. The molecule has 2 aromatic heterocycles. The Morgan fingerprint density at radius 2 is 1.25 bits per heavy atom. The van der Waals surface area contributed by atoms with E-state index < -0.39 is 11.2 Å². The molecular weight excluding hydrogens is 481 g/mol. The number of rotatable bonds is 6. The monoisotopic (exact) mass is 508 g/mol. The fourth-order valence-electron chi connectivity index (χ4n) is 4.38. The molecule has 0 bridgehead atoms. The van der Waals surface area contributed by atoms with Gasteiger partial charge in [0.2, 0.25) is 0 Å². The minimum Gasteiger partial charge on any atom is -0.426 e. The second kappa shape index (κ2) is 8.60. The van der Waals surface area contributed by atoms with Gasteiger partial charge in [-0.1, -0.05) is 54.6 Å². The Morgan fingerprint density at radius 1 is 0.667 bits per heavy atom. The molecule has 2 heterocycles. The van der Waals surface area contributed by atoms with Gasteiger partial charge in [-0.25, -0.2) is 0 Å². The lowest BCUT2D eigenvalue weighted by Crippen LogP contribution is -2.49. The van der Waals surface area contributed by atoms with Gasteiger partial charge in [-0.05, 0) is 62.8 Å². The van der Waals surface area contributed by atoms with Crippen LogP contribution < -0.4 is 10.8 Å². The lowest BCUT2D eigenvalue weighted by Gasteiger charge is -2.37. The van der Waals surface area contributed by atoms with Crippen LogP contribution in [0.25, 0.3) is 40.3 Å². The minimum absolute atomic E-state index is 0.769. The number of hydrogen-bond acceptors (Lipinski definition) is 5. The molecule has 0 aliphatic carbocycles. The van der Waals surface area contributed by atoms with E-state index in [9.17, 15) is 5.11 Å². The van der Waals surface area contributed by atoms with E-state index in [2.05, 4.69) is 84.2 Å². The normalized spacial score (nSPS) is 12.7. The summed E-state index contributed by atoms with van der Waals surface area (Å²) in [5.41, 5.74) is 1.27. The number of thiophene rings is 2. The molecule has 6 heteroatoms. The van der Waals surface area contributed by atoms with Crippen LogP contribution in [0.2, 0.25) is 0 Å². The van der Waals surface area contributed by atoms with Gasteiger partial charge in [-0.2, -0.15) is 0 Å². The first-order valence-corrected chi connectivity index (χ1v) is 13.7. The van der Waals surface area contributed by atoms with Gasteiger partial charge in [0.25, 0.3) is 0 Å². The molecular formula is C30H27BNO2S2.